The Labute approximate surface area is 213 Å². The quantitative estimate of drug-likeness (QED) is 0.304. The maximum Gasteiger partial charge on any atom is 0.231 e. The van der Waals surface area contributed by atoms with Crippen LogP contribution in [0, 0.1) is 0 Å². The molecule has 0 unspecified atom stereocenters. The average molecular weight is 566 g/mol. The summed E-state index contributed by atoms with van der Waals surface area (Å²) in [5.41, 5.74) is 3.72. The largest absolute Gasteiger partial charge is 0.454 e. The molecule has 180 valence electrons. The Bertz CT molecular complexity index is 945. The molecular formula is C25H35IN4O3. The molecular weight excluding hydrogens is 531 g/mol. The fraction of sp³-hybridized carbons (Fsp3) is 0.480. The molecule has 1 fully saturated rings. The summed E-state index contributed by atoms with van der Waals surface area (Å²) in [5, 5.41) is 6.97. The van der Waals surface area contributed by atoms with Crippen molar-refractivity contribution < 1.29 is 14.2 Å². The second kappa shape index (κ2) is 11.9. The molecule has 8 heteroatoms. The Balaban J connectivity index is 0.00000306. The lowest BCUT2D eigenvalue weighted by atomic mass is 9.84. The molecule has 2 heterocycles. The number of nitrogens with zero attached hydrogens (tertiary/aromatic N) is 2. The molecule has 2 aliphatic rings. The lowest BCUT2D eigenvalue weighted by molar-refractivity contribution is 0.0341. The number of nitrogens with one attached hydrogen (secondary N) is 2. The number of guanidine groups is 1. The number of ether oxygens (including phenoxy) is 3. The molecule has 0 aliphatic carbocycles. The topological polar surface area (TPSA) is 67.4 Å². The molecule has 33 heavy (non-hydrogen) atoms. The molecule has 2 aliphatic heterocycles. The molecule has 0 saturated carbocycles. The highest BCUT2D eigenvalue weighted by Gasteiger charge is 2.24. The Kier molecular flexibility index (Phi) is 9.22. The fourth-order valence-corrected chi connectivity index (χ4v) is 4.01. The predicted molar refractivity (Wildman–Crippen MR) is 142 cm³/mol. The van der Waals surface area contributed by atoms with Crippen LogP contribution in [0.3, 0.4) is 0 Å². The second-order valence-electron chi connectivity index (χ2n) is 8.89. The van der Waals surface area contributed by atoms with Crippen LogP contribution < -0.4 is 20.1 Å². The highest BCUT2D eigenvalue weighted by molar-refractivity contribution is 14.0. The summed E-state index contributed by atoms with van der Waals surface area (Å²) < 4.78 is 16.5. The molecule has 2 aromatic rings. The summed E-state index contributed by atoms with van der Waals surface area (Å²) in [6, 6.07) is 14.8. The average Bonchev–Trinajstić information content (AvgIpc) is 3.29. The van der Waals surface area contributed by atoms with E-state index in [9.17, 15) is 0 Å². The highest BCUT2D eigenvalue weighted by Crippen LogP contribution is 2.36. The number of rotatable bonds is 7. The maximum absolute atomic E-state index is 5.55. The van der Waals surface area contributed by atoms with E-state index in [1.54, 1.807) is 0 Å². The first kappa shape index (κ1) is 25.6. The second-order valence-corrected chi connectivity index (χ2v) is 8.89. The van der Waals surface area contributed by atoms with Crippen molar-refractivity contribution in [3.8, 4) is 11.5 Å². The van der Waals surface area contributed by atoms with Gasteiger partial charge in [0, 0.05) is 45.2 Å². The molecule has 0 bridgehead atoms. The van der Waals surface area contributed by atoms with Gasteiger partial charge >= 0.3 is 0 Å². The van der Waals surface area contributed by atoms with Crippen molar-refractivity contribution in [3.63, 3.8) is 0 Å². The SMILES string of the molecule is CN=C(NCc1ccccc1CN1CCOCC1)NCC(C)(C)c1ccc2c(c1)OCO2.I. The predicted octanol–water partition coefficient (Wildman–Crippen LogP) is 3.51. The molecule has 0 amide bonds. The molecule has 2 aromatic carbocycles. The van der Waals surface area contributed by atoms with Crippen molar-refractivity contribution in [3.05, 3.63) is 59.2 Å². The Morgan fingerprint density at radius 2 is 1.73 bits per heavy atom. The van der Waals surface area contributed by atoms with E-state index >= 15 is 0 Å². The summed E-state index contributed by atoms with van der Waals surface area (Å²) >= 11 is 0. The van der Waals surface area contributed by atoms with Crippen LogP contribution in [0.2, 0.25) is 0 Å². The van der Waals surface area contributed by atoms with Crippen molar-refractivity contribution in [2.75, 3.05) is 46.7 Å². The van der Waals surface area contributed by atoms with Gasteiger partial charge in [0.2, 0.25) is 6.79 Å². The van der Waals surface area contributed by atoms with Gasteiger partial charge in [-0.3, -0.25) is 9.89 Å². The minimum absolute atomic E-state index is 0. The van der Waals surface area contributed by atoms with Gasteiger partial charge in [0.1, 0.15) is 0 Å². The first-order chi connectivity index (χ1) is 15.5. The van der Waals surface area contributed by atoms with Gasteiger partial charge in [-0.05, 0) is 28.8 Å². The van der Waals surface area contributed by atoms with E-state index in [4.69, 9.17) is 14.2 Å². The lowest BCUT2D eigenvalue weighted by Gasteiger charge is -2.28. The summed E-state index contributed by atoms with van der Waals surface area (Å²) in [5.74, 6) is 2.42. The maximum atomic E-state index is 5.55. The van der Waals surface area contributed by atoms with Gasteiger partial charge in [-0.25, -0.2) is 0 Å². The number of halogens is 1. The molecule has 0 atom stereocenters. The lowest BCUT2D eigenvalue weighted by Crippen LogP contribution is -2.43. The number of aliphatic imine (C=N–C) groups is 1. The third kappa shape index (κ3) is 6.74. The van der Waals surface area contributed by atoms with Crippen molar-refractivity contribution >= 4 is 29.9 Å². The normalized spacial score (nSPS) is 16.3. The zero-order valence-corrected chi connectivity index (χ0v) is 22.1. The summed E-state index contributed by atoms with van der Waals surface area (Å²) in [7, 11) is 1.81. The van der Waals surface area contributed by atoms with Crippen molar-refractivity contribution in [1.29, 1.82) is 0 Å². The van der Waals surface area contributed by atoms with E-state index in [-0.39, 0.29) is 29.4 Å². The van der Waals surface area contributed by atoms with E-state index in [0.29, 0.717) is 6.79 Å². The van der Waals surface area contributed by atoms with E-state index < -0.39 is 0 Å². The Hall–Kier alpha value is -2.04. The van der Waals surface area contributed by atoms with Crippen molar-refractivity contribution in [2.45, 2.75) is 32.4 Å². The molecule has 2 N–H and O–H groups in total. The minimum atomic E-state index is -0.104. The van der Waals surface area contributed by atoms with Gasteiger partial charge in [0.25, 0.3) is 0 Å². The van der Waals surface area contributed by atoms with Gasteiger partial charge in [-0.1, -0.05) is 44.2 Å². The number of benzene rings is 2. The van der Waals surface area contributed by atoms with Crippen molar-refractivity contribution in [1.82, 2.24) is 15.5 Å². The molecule has 4 rings (SSSR count). The van der Waals surface area contributed by atoms with Gasteiger partial charge in [0.15, 0.2) is 17.5 Å². The molecule has 7 nitrogen and oxygen atoms in total. The first-order valence-electron chi connectivity index (χ1n) is 11.3. The van der Waals surface area contributed by atoms with Crippen LogP contribution in [0.1, 0.15) is 30.5 Å². The van der Waals surface area contributed by atoms with Crippen LogP contribution in [0.15, 0.2) is 47.5 Å². The fourth-order valence-electron chi connectivity index (χ4n) is 4.01. The molecule has 0 radical (unpaired) electrons. The monoisotopic (exact) mass is 566 g/mol. The zero-order valence-electron chi connectivity index (χ0n) is 19.7. The molecule has 0 spiro atoms. The van der Waals surface area contributed by atoms with Crippen LogP contribution in [0.4, 0.5) is 0 Å². The van der Waals surface area contributed by atoms with Crippen LogP contribution in [0.25, 0.3) is 0 Å². The number of hydrogen-bond donors (Lipinski definition) is 2. The van der Waals surface area contributed by atoms with E-state index in [1.807, 2.05) is 13.1 Å². The summed E-state index contributed by atoms with van der Waals surface area (Å²) in [4.78, 5) is 6.87. The minimum Gasteiger partial charge on any atom is -0.454 e. The van der Waals surface area contributed by atoms with Crippen molar-refractivity contribution in [2.24, 2.45) is 4.99 Å². The van der Waals surface area contributed by atoms with Crippen LogP contribution in [-0.2, 0) is 23.2 Å². The van der Waals surface area contributed by atoms with Gasteiger partial charge < -0.3 is 24.8 Å². The Morgan fingerprint density at radius 1 is 1.00 bits per heavy atom. The zero-order chi connectivity index (χ0) is 22.4. The smallest absolute Gasteiger partial charge is 0.231 e. The third-order valence-corrected chi connectivity index (χ3v) is 6.14. The van der Waals surface area contributed by atoms with Crippen LogP contribution >= 0.6 is 24.0 Å². The summed E-state index contributed by atoms with van der Waals surface area (Å²) in [6.07, 6.45) is 0. The van der Waals surface area contributed by atoms with E-state index in [2.05, 4.69) is 70.8 Å². The van der Waals surface area contributed by atoms with Gasteiger partial charge in [-0.15, -0.1) is 24.0 Å². The number of fused-ring (bicyclic) bond motifs is 1. The number of hydrogen-bond acceptors (Lipinski definition) is 5. The molecule has 1 saturated heterocycles. The Morgan fingerprint density at radius 3 is 2.48 bits per heavy atom. The first-order valence-corrected chi connectivity index (χ1v) is 11.3. The van der Waals surface area contributed by atoms with Gasteiger partial charge in [0.05, 0.1) is 13.2 Å². The van der Waals surface area contributed by atoms with Crippen LogP contribution in [0.5, 0.6) is 11.5 Å². The molecule has 0 aromatic heterocycles. The van der Waals surface area contributed by atoms with Crippen LogP contribution in [-0.4, -0.2) is 57.5 Å². The number of morpholine rings is 1. The summed E-state index contributed by atoms with van der Waals surface area (Å²) in [6.45, 7) is 10.7. The van der Waals surface area contributed by atoms with E-state index in [0.717, 1.165) is 63.4 Å². The van der Waals surface area contributed by atoms with Gasteiger partial charge in [-0.2, -0.15) is 0 Å². The standard InChI is InChI=1S/C25H34N4O3.HI/c1-25(2,21-8-9-22-23(14-21)32-18-31-22)17-28-24(26-3)27-15-19-6-4-5-7-20(19)16-29-10-12-30-13-11-29;/h4-9,14H,10-13,15-18H2,1-3H3,(H2,26,27,28);1H. The third-order valence-electron chi connectivity index (χ3n) is 6.14. The van der Waals surface area contributed by atoms with E-state index in [1.165, 1.54) is 16.7 Å². The highest BCUT2D eigenvalue weighted by atomic mass is 127.